The Labute approximate surface area is 336 Å². The number of hydrogen-bond donors (Lipinski definition) is 2. The Morgan fingerprint density at radius 2 is 0.630 bits per heavy atom. The first kappa shape index (κ1) is 41.5. The number of fused-ring (bicyclic) bond motifs is 4. The number of anilines is 8. The maximum absolute atomic E-state index is 3.83. The van der Waals surface area contributed by atoms with Crippen molar-refractivity contribution in [1.29, 1.82) is 0 Å². The second kappa shape index (κ2) is 18.8. The minimum atomic E-state index is 1.04. The summed E-state index contributed by atoms with van der Waals surface area (Å²) in [5.74, 6) is 0. The summed E-state index contributed by atoms with van der Waals surface area (Å²) >= 11 is 3.83. The second-order valence-corrected chi connectivity index (χ2v) is 16.2. The molecule has 0 amide bonds. The van der Waals surface area contributed by atoms with Crippen LogP contribution in [0.15, 0.2) is 68.1 Å². The van der Waals surface area contributed by atoms with E-state index in [-0.39, 0.29) is 0 Å². The first-order valence-electron chi connectivity index (χ1n) is 20.6. The third-order valence-corrected chi connectivity index (χ3v) is 13.3. The topological polar surface area (TPSA) is 37.0 Å². The van der Waals surface area contributed by atoms with Gasteiger partial charge in [-0.1, -0.05) is 37.4 Å². The van der Waals surface area contributed by atoms with Crippen LogP contribution in [0.25, 0.3) is 0 Å². The first-order chi connectivity index (χ1) is 26.1. The van der Waals surface area contributed by atoms with Gasteiger partial charge in [0.25, 0.3) is 0 Å². The third-order valence-electron chi connectivity index (χ3n) is 11.1. The van der Waals surface area contributed by atoms with E-state index < -0.39 is 0 Å². The summed E-state index contributed by atoms with van der Waals surface area (Å²) in [7, 11) is 0. The molecule has 2 N–H and O–H groups in total. The zero-order valence-electron chi connectivity index (χ0n) is 35.3. The van der Waals surface area contributed by atoms with E-state index in [9.17, 15) is 0 Å². The number of rotatable bonds is 14. The van der Waals surface area contributed by atoms with Crippen LogP contribution in [-0.2, 0) is 12.8 Å². The molecule has 8 heteroatoms. The number of hydrogen-bond acceptors (Lipinski definition) is 8. The molecule has 2 aliphatic rings. The molecule has 292 valence electrons. The maximum atomic E-state index is 3.83. The second-order valence-electron chi connectivity index (χ2n) is 14.1. The van der Waals surface area contributed by atoms with Crippen LogP contribution in [0, 0.1) is 13.8 Å². The van der Waals surface area contributed by atoms with E-state index in [1.165, 1.54) is 87.3 Å². The normalized spacial score (nSPS) is 12.2. The Kier molecular flexibility index (Phi) is 14.5. The van der Waals surface area contributed by atoms with Gasteiger partial charge in [-0.3, -0.25) is 0 Å². The van der Waals surface area contributed by atoms with Gasteiger partial charge in [0, 0.05) is 94.7 Å². The van der Waals surface area contributed by atoms with Gasteiger partial charge in [0.2, 0.25) is 0 Å². The molecule has 2 aliphatic heterocycles. The largest absolute Gasteiger partial charge is 0.372 e. The van der Waals surface area contributed by atoms with E-state index in [4.69, 9.17) is 0 Å². The van der Waals surface area contributed by atoms with Crippen molar-refractivity contribution in [2.75, 3.05) is 82.6 Å². The fraction of sp³-hybridized carbons (Fsp3) is 0.478. The average molecular weight is 767 g/mol. The monoisotopic (exact) mass is 766 g/mol. The van der Waals surface area contributed by atoms with Gasteiger partial charge in [0.05, 0.1) is 22.7 Å². The average Bonchev–Trinajstić information content (AvgIpc) is 3.18. The molecular formula is C46H66N6S2. The Morgan fingerprint density at radius 3 is 0.907 bits per heavy atom. The van der Waals surface area contributed by atoms with Crippen LogP contribution in [0.4, 0.5) is 45.5 Å². The van der Waals surface area contributed by atoms with Gasteiger partial charge >= 0.3 is 0 Å². The number of nitrogens with zero attached hydrogens (tertiary/aromatic N) is 4. The minimum Gasteiger partial charge on any atom is -0.372 e. The van der Waals surface area contributed by atoms with E-state index >= 15 is 0 Å². The van der Waals surface area contributed by atoms with Crippen LogP contribution >= 0.6 is 23.5 Å². The molecular weight excluding hydrogens is 701 g/mol. The zero-order chi connectivity index (χ0) is 39.1. The van der Waals surface area contributed by atoms with E-state index in [0.717, 1.165) is 65.2 Å². The molecule has 0 aromatic heterocycles. The number of benzene rings is 4. The molecule has 6 nitrogen and oxygen atoms in total. The Morgan fingerprint density at radius 1 is 0.370 bits per heavy atom. The predicted molar refractivity (Wildman–Crippen MR) is 243 cm³/mol. The van der Waals surface area contributed by atoms with Crippen LogP contribution in [0.5, 0.6) is 0 Å². The van der Waals surface area contributed by atoms with Crippen molar-refractivity contribution in [1.82, 2.24) is 0 Å². The Bertz CT molecular complexity index is 1760. The van der Waals surface area contributed by atoms with E-state index in [1.807, 2.05) is 23.5 Å². The lowest BCUT2D eigenvalue weighted by Crippen LogP contribution is -2.23. The molecule has 0 saturated heterocycles. The smallest absolute Gasteiger partial charge is 0.0560 e. The van der Waals surface area contributed by atoms with Crippen LogP contribution in [0.2, 0.25) is 0 Å². The van der Waals surface area contributed by atoms with E-state index in [2.05, 4.69) is 162 Å². The summed E-state index contributed by atoms with van der Waals surface area (Å²) in [5.41, 5.74) is 15.9. The van der Waals surface area contributed by atoms with Crippen molar-refractivity contribution < 1.29 is 0 Å². The molecule has 0 atom stereocenters. The summed E-state index contributed by atoms with van der Waals surface area (Å²) in [4.78, 5) is 15.1. The van der Waals surface area contributed by atoms with Crippen LogP contribution in [0.1, 0.15) is 91.5 Å². The van der Waals surface area contributed by atoms with E-state index in [1.54, 1.807) is 0 Å². The highest BCUT2D eigenvalue weighted by atomic mass is 32.2. The number of aryl methyl sites for hydroxylation is 4. The van der Waals surface area contributed by atoms with Crippen LogP contribution in [0.3, 0.4) is 0 Å². The van der Waals surface area contributed by atoms with Crippen LogP contribution < -0.4 is 30.2 Å². The number of nitrogens with one attached hydrogen (secondary N) is 2. The van der Waals surface area contributed by atoms with Gasteiger partial charge in [-0.05, 0) is 153 Å². The SMILES string of the molecule is CCN(CC)c1cc(C)c2c(c1)Sc1cc(N(CC)CC)cc(C)c1N2.CCc1cc(N(CC)CC)cc2c1Nc1c(CC)cc(N(CC)CC)cc1S2. The lowest BCUT2D eigenvalue weighted by molar-refractivity contribution is 0.860. The van der Waals surface area contributed by atoms with Gasteiger partial charge in [0.1, 0.15) is 0 Å². The minimum absolute atomic E-state index is 1.04. The van der Waals surface area contributed by atoms with E-state index in [0.29, 0.717) is 0 Å². The Balaban J connectivity index is 0.000000208. The molecule has 4 aromatic carbocycles. The quantitative estimate of drug-likeness (QED) is 0.114. The van der Waals surface area contributed by atoms with Crippen molar-refractivity contribution in [3.63, 3.8) is 0 Å². The first-order valence-corrected chi connectivity index (χ1v) is 22.3. The van der Waals surface area contributed by atoms with Gasteiger partial charge in [-0.15, -0.1) is 0 Å². The van der Waals surface area contributed by atoms with Gasteiger partial charge in [0.15, 0.2) is 0 Å². The summed E-state index contributed by atoms with van der Waals surface area (Å²) in [6.07, 6.45) is 2.08. The maximum Gasteiger partial charge on any atom is 0.0560 e. The Hall–Kier alpha value is -3.62. The summed E-state index contributed by atoms with van der Waals surface area (Å²) in [5, 5.41) is 7.55. The van der Waals surface area contributed by atoms with Gasteiger partial charge < -0.3 is 30.2 Å². The lowest BCUT2D eigenvalue weighted by Gasteiger charge is -2.30. The molecule has 54 heavy (non-hydrogen) atoms. The summed E-state index contributed by atoms with van der Waals surface area (Å²) in [6.45, 7) is 35.1. The summed E-state index contributed by atoms with van der Waals surface area (Å²) in [6, 6.07) is 18.8. The van der Waals surface area contributed by atoms with Gasteiger partial charge in [-0.2, -0.15) is 0 Å². The molecule has 0 saturated carbocycles. The molecule has 0 spiro atoms. The zero-order valence-corrected chi connectivity index (χ0v) is 36.9. The van der Waals surface area contributed by atoms with Crippen molar-refractivity contribution in [3.05, 3.63) is 70.8 Å². The highest BCUT2D eigenvalue weighted by Crippen LogP contribution is 2.51. The van der Waals surface area contributed by atoms with Gasteiger partial charge in [-0.25, -0.2) is 0 Å². The molecule has 0 radical (unpaired) electrons. The summed E-state index contributed by atoms with van der Waals surface area (Å²) < 4.78 is 0. The molecule has 0 fully saturated rings. The molecule has 6 rings (SSSR count). The fourth-order valence-electron chi connectivity index (χ4n) is 7.84. The van der Waals surface area contributed by atoms with Crippen molar-refractivity contribution in [3.8, 4) is 0 Å². The molecule has 0 unspecified atom stereocenters. The predicted octanol–water partition coefficient (Wildman–Crippen LogP) is 12.9. The standard InChI is InChI=1S/C24H35N3S.C22H31N3S/c1-7-17-13-19(26(9-3)10-4)15-21-23(17)25-24-18(8-2)14-20(16-22(24)28-21)27(11-5)12-6;1-7-24(8-2)17-11-15(5)21-19(13-17)26-20-14-18(25(9-3)10-4)12-16(6)22(20)23-21/h13-16,25H,7-12H2,1-6H3;11-14,23H,7-10H2,1-6H3. The highest BCUT2D eigenvalue weighted by Gasteiger charge is 2.25. The molecule has 2 heterocycles. The van der Waals surface area contributed by atoms with Crippen molar-refractivity contribution >= 4 is 69.0 Å². The van der Waals surface area contributed by atoms with Crippen LogP contribution in [-0.4, -0.2) is 52.4 Å². The molecule has 0 aliphatic carbocycles. The molecule has 4 aromatic rings. The lowest BCUT2D eigenvalue weighted by atomic mass is 10.0. The molecule has 0 bridgehead atoms. The van der Waals surface area contributed by atoms with Crippen molar-refractivity contribution in [2.24, 2.45) is 0 Å². The highest BCUT2D eigenvalue weighted by molar-refractivity contribution is 8.00. The van der Waals surface area contributed by atoms with Crippen molar-refractivity contribution in [2.45, 2.75) is 116 Å². The fourth-order valence-corrected chi connectivity index (χ4v) is 10.2. The third kappa shape index (κ3) is 8.60.